The van der Waals surface area contributed by atoms with Crippen LogP contribution in [0.2, 0.25) is 0 Å². The van der Waals surface area contributed by atoms with Gasteiger partial charge in [-0.3, -0.25) is 14.7 Å². The molecule has 2 aromatic rings. The van der Waals surface area contributed by atoms with Crippen LogP contribution in [0.1, 0.15) is 19.7 Å². The van der Waals surface area contributed by atoms with Crippen LogP contribution < -0.4 is 10.6 Å². The maximum absolute atomic E-state index is 12.6. The van der Waals surface area contributed by atoms with E-state index in [2.05, 4.69) is 20.8 Å². The van der Waals surface area contributed by atoms with Crippen molar-refractivity contribution in [2.75, 3.05) is 25.5 Å². The maximum Gasteiger partial charge on any atom is 0.243 e. The van der Waals surface area contributed by atoms with Gasteiger partial charge in [-0.1, -0.05) is 0 Å². The first-order valence-electron chi connectivity index (χ1n) is 8.90. The van der Waals surface area contributed by atoms with Crippen molar-refractivity contribution < 1.29 is 18.0 Å². The summed E-state index contributed by atoms with van der Waals surface area (Å²) in [5.41, 5.74) is 0.488. The highest BCUT2D eigenvalue weighted by atomic mass is 32.2. The average Bonchev–Trinajstić information content (AvgIpc) is 3.01. The summed E-state index contributed by atoms with van der Waals surface area (Å²) in [5, 5.41) is 12.1. The van der Waals surface area contributed by atoms with Gasteiger partial charge in [0.15, 0.2) is 4.77 Å². The minimum atomic E-state index is -3.84. The summed E-state index contributed by atoms with van der Waals surface area (Å²) in [6, 6.07) is 5.73. The molecule has 29 heavy (non-hydrogen) atoms. The topological polar surface area (TPSA) is 129 Å². The van der Waals surface area contributed by atoms with Gasteiger partial charge in [-0.05, 0) is 43.4 Å². The Morgan fingerprint density at radius 2 is 1.93 bits per heavy atom. The Labute approximate surface area is 174 Å². The Morgan fingerprint density at radius 3 is 2.52 bits per heavy atom. The molecule has 0 unspecified atom stereocenters. The number of H-pyrrole nitrogens is 1. The SMILES string of the molecule is CCn1c(CCNC(=O)CN(C)S(=O)(=O)c2ccc(NC(C)=O)cc2)n[nH]c1=S. The Hall–Kier alpha value is -2.57. The predicted octanol–water partition coefficient (Wildman–Crippen LogP) is 0.898. The summed E-state index contributed by atoms with van der Waals surface area (Å²) in [4.78, 5) is 23.2. The van der Waals surface area contributed by atoms with Gasteiger partial charge < -0.3 is 15.2 Å². The molecule has 2 rings (SSSR count). The van der Waals surface area contributed by atoms with Gasteiger partial charge in [0, 0.05) is 39.2 Å². The van der Waals surface area contributed by atoms with Crippen LogP contribution in [0.4, 0.5) is 5.69 Å². The standard InChI is InChI=1S/C17H24N6O4S2/c1-4-23-15(20-21-17(23)28)9-10-18-16(25)11-22(3)29(26,27)14-7-5-13(6-8-14)19-12(2)24/h5-8H,4,9-11H2,1-3H3,(H,18,25)(H,19,24)(H,21,28). The van der Waals surface area contributed by atoms with Crippen LogP contribution in [0.5, 0.6) is 0 Å². The number of carbonyl (C=O) groups is 2. The van der Waals surface area contributed by atoms with Gasteiger partial charge in [0.2, 0.25) is 21.8 Å². The van der Waals surface area contributed by atoms with Crippen LogP contribution in [0.3, 0.4) is 0 Å². The molecule has 0 aliphatic rings. The fourth-order valence-electron chi connectivity index (χ4n) is 2.62. The number of amides is 2. The van der Waals surface area contributed by atoms with E-state index in [1.54, 1.807) is 0 Å². The van der Waals surface area contributed by atoms with Gasteiger partial charge >= 0.3 is 0 Å². The molecule has 0 radical (unpaired) electrons. The van der Waals surface area contributed by atoms with Crippen molar-refractivity contribution in [1.82, 2.24) is 24.4 Å². The van der Waals surface area contributed by atoms with Gasteiger partial charge in [0.25, 0.3) is 0 Å². The summed E-state index contributed by atoms with van der Waals surface area (Å²) in [6.07, 6.45) is 0.466. The van der Waals surface area contributed by atoms with Crippen LogP contribution in [0.25, 0.3) is 0 Å². The summed E-state index contributed by atoms with van der Waals surface area (Å²) in [5.74, 6) is 0.0405. The van der Waals surface area contributed by atoms with Gasteiger partial charge in [0.1, 0.15) is 5.82 Å². The van der Waals surface area contributed by atoms with Crippen LogP contribution in [-0.2, 0) is 32.6 Å². The molecule has 0 bridgehead atoms. The van der Waals surface area contributed by atoms with E-state index in [4.69, 9.17) is 12.2 Å². The molecule has 0 spiro atoms. The summed E-state index contributed by atoms with van der Waals surface area (Å²) >= 11 is 5.11. The largest absolute Gasteiger partial charge is 0.355 e. The number of benzene rings is 1. The van der Waals surface area contributed by atoms with Crippen molar-refractivity contribution in [2.24, 2.45) is 0 Å². The number of nitrogens with one attached hydrogen (secondary N) is 3. The molecule has 0 saturated carbocycles. The van der Waals surface area contributed by atoms with E-state index in [0.717, 1.165) is 10.1 Å². The second-order valence-electron chi connectivity index (χ2n) is 6.26. The highest BCUT2D eigenvalue weighted by Crippen LogP contribution is 2.17. The van der Waals surface area contributed by atoms with Crippen LogP contribution in [0, 0.1) is 4.77 Å². The normalized spacial score (nSPS) is 11.4. The van der Waals surface area contributed by atoms with Crippen molar-refractivity contribution in [1.29, 1.82) is 0 Å². The molecular formula is C17H24N6O4S2. The molecule has 12 heteroatoms. The van der Waals surface area contributed by atoms with E-state index in [-0.39, 0.29) is 17.3 Å². The van der Waals surface area contributed by atoms with Crippen molar-refractivity contribution in [3.05, 3.63) is 34.9 Å². The van der Waals surface area contributed by atoms with Gasteiger partial charge in [-0.25, -0.2) is 8.42 Å². The number of anilines is 1. The summed E-state index contributed by atoms with van der Waals surface area (Å²) in [6.45, 7) is 3.95. The molecule has 0 aliphatic heterocycles. The minimum Gasteiger partial charge on any atom is -0.355 e. The van der Waals surface area contributed by atoms with Crippen molar-refractivity contribution in [3.8, 4) is 0 Å². The zero-order chi connectivity index (χ0) is 21.6. The number of hydrogen-bond acceptors (Lipinski definition) is 6. The van der Waals surface area contributed by atoms with E-state index in [1.165, 1.54) is 38.2 Å². The molecule has 1 heterocycles. The first kappa shape index (κ1) is 22.7. The maximum atomic E-state index is 12.6. The quantitative estimate of drug-likeness (QED) is 0.497. The smallest absolute Gasteiger partial charge is 0.243 e. The lowest BCUT2D eigenvalue weighted by atomic mass is 10.3. The molecule has 10 nitrogen and oxygen atoms in total. The molecule has 0 atom stereocenters. The Morgan fingerprint density at radius 1 is 1.28 bits per heavy atom. The molecule has 158 valence electrons. The number of carbonyl (C=O) groups excluding carboxylic acids is 2. The molecule has 0 saturated heterocycles. The molecule has 0 aliphatic carbocycles. The molecular weight excluding hydrogens is 416 g/mol. The van der Waals surface area contributed by atoms with E-state index < -0.39 is 15.9 Å². The number of nitrogens with zero attached hydrogens (tertiary/aromatic N) is 3. The Kier molecular flexibility index (Phi) is 7.65. The van der Waals surface area contributed by atoms with Crippen LogP contribution in [-0.4, -0.2) is 59.4 Å². The second-order valence-corrected chi connectivity index (χ2v) is 8.69. The highest BCUT2D eigenvalue weighted by Gasteiger charge is 2.23. The summed E-state index contributed by atoms with van der Waals surface area (Å²) in [7, 11) is -2.51. The lowest BCUT2D eigenvalue weighted by molar-refractivity contribution is -0.121. The zero-order valence-corrected chi connectivity index (χ0v) is 18.1. The van der Waals surface area contributed by atoms with E-state index in [0.29, 0.717) is 30.0 Å². The summed E-state index contributed by atoms with van der Waals surface area (Å²) < 4.78 is 28.5. The number of sulfonamides is 1. The third kappa shape index (κ3) is 5.95. The van der Waals surface area contributed by atoms with Gasteiger partial charge in [-0.15, -0.1) is 0 Å². The van der Waals surface area contributed by atoms with Crippen molar-refractivity contribution in [3.63, 3.8) is 0 Å². The molecule has 1 aromatic carbocycles. The molecule has 1 aromatic heterocycles. The fourth-order valence-corrected chi connectivity index (χ4v) is 4.02. The third-order valence-corrected chi connectivity index (χ3v) is 6.20. The van der Waals surface area contributed by atoms with E-state index >= 15 is 0 Å². The van der Waals surface area contributed by atoms with Crippen molar-refractivity contribution in [2.45, 2.75) is 31.7 Å². The predicted molar refractivity (Wildman–Crippen MR) is 110 cm³/mol. The van der Waals surface area contributed by atoms with E-state index in [9.17, 15) is 18.0 Å². The second kappa shape index (κ2) is 9.76. The average molecular weight is 441 g/mol. The minimum absolute atomic E-state index is 0.0281. The fraction of sp³-hybridized carbons (Fsp3) is 0.412. The third-order valence-electron chi connectivity index (χ3n) is 4.07. The lowest BCUT2D eigenvalue weighted by Gasteiger charge is -2.17. The van der Waals surface area contributed by atoms with Crippen LogP contribution >= 0.6 is 12.2 Å². The lowest BCUT2D eigenvalue weighted by Crippen LogP contribution is -2.39. The first-order chi connectivity index (χ1) is 13.6. The highest BCUT2D eigenvalue weighted by molar-refractivity contribution is 7.89. The van der Waals surface area contributed by atoms with Crippen molar-refractivity contribution >= 4 is 39.7 Å². The van der Waals surface area contributed by atoms with Gasteiger partial charge in [0.05, 0.1) is 11.4 Å². The molecule has 0 fully saturated rings. The Balaban J connectivity index is 1.92. The number of hydrogen-bond donors (Lipinski definition) is 3. The number of likely N-dealkylation sites (N-methyl/N-ethyl adjacent to an activating group) is 1. The number of aromatic nitrogens is 3. The van der Waals surface area contributed by atoms with Crippen LogP contribution in [0.15, 0.2) is 29.2 Å². The number of aromatic amines is 1. The molecule has 3 N–H and O–H groups in total. The van der Waals surface area contributed by atoms with Gasteiger partial charge in [-0.2, -0.15) is 9.40 Å². The Bertz CT molecular complexity index is 1030. The zero-order valence-electron chi connectivity index (χ0n) is 16.4. The van der Waals surface area contributed by atoms with E-state index in [1.807, 2.05) is 11.5 Å². The number of rotatable bonds is 9. The molecule has 2 amide bonds. The monoisotopic (exact) mass is 440 g/mol. The first-order valence-corrected chi connectivity index (χ1v) is 10.7.